The van der Waals surface area contributed by atoms with Crippen molar-refractivity contribution in [3.8, 4) is 0 Å². The number of likely N-dealkylation sites (N-methyl/N-ethyl adjacent to an activating group) is 1. The van der Waals surface area contributed by atoms with Crippen LogP contribution in [0.3, 0.4) is 0 Å². The minimum atomic E-state index is -0.433. The predicted octanol–water partition coefficient (Wildman–Crippen LogP) is 2.83. The van der Waals surface area contributed by atoms with Crippen molar-refractivity contribution in [2.75, 3.05) is 31.6 Å². The molecule has 1 saturated heterocycles. The Kier molecular flexibility index (Phi) is 6.74. The van der Waals surface area contributed by atoms with Gasteiger partial charge in [-0.2, -0.15) is 5.10 Å². The number of ether oxygens (including phenoxy) is 2. The number of carbonyl (C=O) groups excluding carboxylic acids is 2. The molecule has 1 aromatic heterocycles. The van der Waals surface area contributed by atoms with E-state index in [-0.39, 0.29) is 24.4 Å². The Labute approximate surface area is 171 Å². The number of aromatic nitrogens is 2. The van der Waals surface area contributed by atoms with Gasteiger partial charge in [-0.1, -0.05) is 30.3 Å². The molecule has 1 aliphatic heterocycles. The molecule has 0 aliphatic carbocycles. The Hall–Kier alpha value is -3.03. The average molecular weight is 400 g/mol. The van der Waals surface area contributed by atoms with Crippen LogP contribution in [0.4, 0.5) is 10.6 Å². The van der Waals surface area contributed by atoms with Crippen LogP contribution < -0.4 is 4.90 Å². The number of amides is 1. The maximum absolute atomic E-state index is 12.5. The van der Waals surface area contributed by atoms with Crippen molar-refractivity contribution in [3.05, 3.63) is 47.7 Å². The molecule has 29 heavy (non-hydrogen) atoms. The van der Waals surface area contributed by atoms with Gasteiger partial charge in [0.05, 0.1) is 6.61 Å². The summed E-state index contributed by atoms with van der Waals surface area (Å²) in [5.74, 6) is 0.370. The molecule has 2 aromatic rings. The highest BCUT2D eigenvalue weighted by Crippen LogP contribution is 2.23. The molecule has 1 aromatic carbocycles. The topological polar surface area (TPSA) is 76.9 Å². The van der Waals surface area contributed by atoms with E-state index >= 15 is 0 Å². The highest BCUT2D eigenvalue weighted by molar-refractivity contribution is 5.88. The molecule has 0 spiro atoms. The lowest BCUT2D eigenvalue weighted by Gasteiger charge is -2.37. The highest BCUT2D eigenvalue weighted by Gasteiger charge is 2.29. The van der Waals surface area contributed by atoms with Crippen LogP contribution in [-0.2, 0) is 23.1 Å². The van der Waals surface area contributed by atoms with Crippen molar-refractivity contribution in [1.82, 2.24) is 14.7 Å². The zero-order chi connectivity index (χ0) is 20.8. The second-order valence-electron chi connectivity index (χ2n) is 7.13. The number of aryl methyl sites for hydroxylation is 1. The van der Waals surface area contributed by atoms with E-state index in [1.165, 1.54) is 0 Å². The summed E-state index contributed by atoms with van der Waals surface area (Å²) in [5.41, 5.74) is 1.25. The molecule has 156 valence electrons. The predicted molar refractivity (Wildman–Crippen MR) is 109 cm³/mol. The maximum Gasteiger partial charge on any atom is 0.410 e. The number of anilines is 1. The molecule has 0 bridgehead atoms. The summed E-state index contributed by atoms with van der Waals surface area (Å²) < 4.78 is 12.2. The van der Waals surface area contributed by atoms with E-state index in [4.69, 9.17) is 9.47 Å². The number of benzene rings is 1. The number of hydrogen-bond donors (Lipinski definition) is 0. The second kappa shape index (κ2) is 9.45. The van der Waals surface area contributed by atoms with E-state index in [2.05, 4.69) is 10.00 Å². The number of rotatable bonds is 6. The quantitative estimate of drug-likeness (QED) is 0.694. The van der Waals surface area contributed by atoms with Crippen LogP contribution in [0.2, 0.25) is 0 Å². The molecule has 0 saturated carbocycles. The fourth-order valence-electron chi connectivity index (χ4n) is 3.53. The first kappa shape index (κ1) is 20.7. The van der Waals surface area contributed by atoms with Gasteiger partial charge in [0.15, 0.2) is 5.69 Å². The molecule has 1 atom stereocenters. The lowest BCUT2D eigenvalue weighted by atomic mass is 10.0. The molecule has 1 aliphatic rings. The summed E-state index contributed by atoms with van der Waals surface area (Å²) in [6, 6.07) is 11.5. The van der Waals surface area contributed by atoms with Gasteiger partial charge in [-0.05, 0) is 25.3 Å². The van der Waals surface area contributed by atoms with Crippen molar-refractivity contribution >= 4 is 17.9 Å². The van der Waals surface area contributed by atoms with Gasteiger partial charge in [-0.15, -0.1) is 0 Å². The van der Waals surface area contributed by atoms with Crippen molar-refractivity contribution in [2.45, 2.75) is 32.4 Å². The summed E-state index contributed by atoms with van der Waals surface area (Å²) in [6.45, 7) is 3.58. The molecule has 3 rings (SSSR count). The van der Waals surface area contributed by atoms with Crippen LogP contribution in [0.25, 0.3) is 0 Å². The van der Waals surface area contributed by atoms with Crippen LogP contribution in [0, 0.1) is 0 Å². The van der Waals surface area contributed by atoms with Crippen LogP contribution in [0.1, 0.15) is 35.8 Å². The number of hydrogen-bond acceptors (Lipinski definition) is 6. The summed E-state index contributed by atoms with van der Waals surface area (Å²) >= 11 is 0. The zero-order valence-corrected chi connectivity index (χ0v) is 17.2. The number of esters is 1. The third-order valence-electron chi connectivity index (χ3n) is 5.11. The first-order valence-electron chi connectivity index (χ1n) is 9.89. The van der Waals surface area contributed by atoms with E-state index in [0.717, 1.165) is 24.2 Å². The highest BCUT2D eigenvalue weighted by atomic mass is 16.6. The van der Waals surface area contributed by atoms with Gasteiger partial charge in [-0.25, -0.2) is 9.59 Å². The van der Waals surface area contributed by atoms with Gasteiger partial charge in [-0.3, -0.25) is 4.68 Å². The van der Waals surface area contributed by atoms with Crippen molar-refractivity contribution in [2.24, 2.45) is 7.05 Å². The van der Waals surface area contributed by atoms with Gasteiger partial charge >= 0.3 is 12.1 Å². The van der Waals surface area contributed by atoms with Crippen LogP contribution in [0.5, 0.6) is 0 Å². The summed E-state index contributed by atoms with van der Waals surface area (Å²) in [5, 5.41) is 4.26. The van der Waals surface area contributed by atoms with Gasteiger partial charge < -0.3 is 19.3 Å². The number of carbonyl (C=O) groups is 2. The molecule has 0 unspecified atom stereocenters. The van der Waals surface area contributed by atoms with E-state index in [9.17, 15) is 9.59 Å². The monoisotopic (exact) mass is 400 g/mol. The molecule has 8 heteroatoms. The molecular weight excluding hydrogens is 372 g/mol. The van der Waals surface area contributed by atoms with Crippen molar-refractivity contribution in [3.63, 3.8) is 0 Å². The minimum Gasteiger partial charge on any atom is -0.461 e. The molecule has 8 nitrogen and oxygen atoms in total. The smallest absolute Gasteiger partial charge is 0.410 e. The molecule has 1 fully saturated rings. The van der Waals surface area contributed by atoms with E-state index in [1.807, 2.05) is 37.4 Å². The SMILES string of the molecule is CCOC(=O)c1cc(N(C)[C@H]2CCCN(C(=O)OCc3ccccc3)C2)n(C)n1. The third-order valence-corrected chi connectivity index (χ3v) is 5.11. The number of piperidine rings is 1. The fourth-order valence-corrected chi connectivity index (χ4v) is 3.53. The van der Waals surface area contributed by atoms with Gasteiger partial charge in [0, 0.05) is 39.3 Å². The van der Waals surface area contributed by atoms with E-state index in [0.29, 0.717) is 19.7 Å². The third kappa shape index (κ3) is 5.07. The van der Waals surface area contributed by atoms with Crippen LogP contribution in [-0.4, -0.2) is 59.5 Å². The Bertz CT molecular complexity index is 836. The zero-order valence-electron chi connectivity index (χ0n) is 17.2. The maximum atomic E-state index is 12.5. The largest absolute Gasteiger partial charge is 0.461 e. The molecule has 2 heterocycles. The molecule has 0 N–H and O–H groups in total. The van der Waals surface area contributed by atoms with Crippen LogP contribution in [0.15, 0.2) is 36.4 Å². The first-order valence-corrected chi connectivity index (χ1v) is 9.89. The summed E-state index contributed by atoms with van der Waals surface area (Å²) in [4.78, 5) is 28.3. The molecule has 1 amide bonds. The normalized spacial score (nSPS) is 16.4. The first-order chi connectivity index (χ1) is 14.0. The summed E-state index contributed by atoms with van der Waals surface area (Å²) in [7, 11) is 3.75. The van der Waals surface area contributed by atoms with Gasteiger partial charge in [0.1, 0.15) is 12.4 Å². The standard InChI is InChI=1S/C21H28N4O4/c1-4-28-20(26)18-13-19(24(3)22-18)23(2)17-11-8-12-25(14-17)21(27)29-15-16-9-6-5-7-10-16/h5-7,9-10,13,17H,4,8,11-12,14-15H2,1-3H3/t17-/m0/s1. The lowest BCUT2D eigenvalue weighted by molar-refractivity contribution is 0.0518. The number of nitrogens with zero attached hydrogens (tertiary/aromatic N) is 4. The summed E-state index contributed by atoms with van der Waals surface area (Å²) in [6.07, 6.45) is 1.53. The Morgan fingerprint density at radius 1 is 1.24 bits per heavy atom. The average Bonchev–Trinajstić information content (AvgIpc) is 3.14. The second-order valence-corrected chi connectivity index (χ2v) is 7.13. The van der Waals surface area contributed by atoms with Gasteiger partial charge in [0.2, 0.25) is 0 Å². The van der Waals surface area contributed by atoms with E-state index < -0.39 is 5.97 Å². The fraction of sp³-hybridized carbons (Fsp3) is 0.476. The molecule has 0 radical (unpaired) electrons. The lowest BCUT2D eigenvalue weighted by Crippen LogP contribution is -2.49. The van der Waals surface area contributed by atoms with Crippen molar-refractivity contribution < 1.29 is 19.1 Å². The Morgan fingerprint density at radius 3 is 2.72 bits per heavy atom. The van der Waals surface area contributed by atoms with Crippen LogP contribution >= 0.6 is 0 Å². The molecular formula is C21H28N4O4. The van der Waals surface area contributed by atoms with E-state index in [1.54, 1.807) is 29.6 Å². The Balaban J connectivity index is 1.61. The minimum absolute atomic E-state index is 0.110. The van der Waals surface area contributed by atoms with Crippen molar-refractivity contribution in [1.29, 1.82) is 0 Å². The number of likely N-dealkylation sites (tertiary alicyclic amines) is 1. The van der Waals surface area contributed by atoms with Gasteiger partial charge in [0.25, 0.3) is 0 Å². The Morgan fingerprint density at radius 2 is 2.00 bits per heavy atom.